The Bertz CT molecular complexity index is 1670. The lowest BCUT2D eigenvalue weighted by Gasteiger charge is -2.37. The van der Waals surface area contributed by atoms with E-state index in [1.165, 1.54) is 11.6 Å². The minimum atomic E-state index is -5.08. The quantitative estimate of drug-likeness (QED) is 0.176. The van der Waals surface area contributed by atoms with Gasteiger partial charge in [0.1, 0.15) is 25.5 Å². The van der Waals surface area contributed by atoms with Gasteiger partial charge < -0.3 is 30.1 Å². The van der Waals surface area contributed by atoms with Gasteiger partial charge in [-0.2, -0.15) is 26.3 Å². The zero-order valence-corrected chi connectivity index (χ0v) is 29.1. The van der Waals surface area contributed by atoms with Gasteiger partial charge in [0.2, 0.25) is 0 Å². The molecule has 2 saturated heterocycles. The van der Waals surface area contributed by atoms with Crippen LogP contribution in [0.15, 0.2) is 66.7 Å². The third kappa shape index (κ3) is 14.4. The van der Waals surface area contributed by atoms with Gasteiger partial charge in [0.25, 0.3) is 5.91 Å². The topological polar surface area (TPSA) is 128 Å². The number of amides is 1. The second kappa shape index (κ2) is 19.0. The molecule has 17 heteroatoms. The maximum Gasteiger partial charge on any atom is 0.490 e. The first-order valence-electron chi connectivity index (χ1n) is 16.5. The van der Waals surface area contributed by atoms with Crippen LogP contribution in [-0.2, 0) is 34.0 Å². The molecule has 4 N–H and O–H groups in total. The number of hydrogen-bond acceptors (Lipinski definition) is 6. The van der Waals surface area contributed by atoms with E-state index in [4.69, 9.17) is 24.5 Å². The van der Waals surface area contributed by atoms with Crippen LogP contribution in [0.2, 0.25) is 0 Å². The van der Waals surface area contributed by atoms with Crippen molar-refractivity contribution in [2.24, 2.45) is 0 Å². The van der Waals surface area contributed by atoms with Crippen LogP contribution in [-0.4, -0.2) is 109 Å². The smallest absolute Gasteiger partial charge is 0.475 e. The Hall–Kier alpha value is -4.58. The highest BCUT2D eigenvalue weighted by Crippen LogP contribution is 2.26. The van der Waals surface area contributed by atoms with E-state index in [9.17, 15) is 35.5 Å². The Balaban J connectivity index is 0.000000458. The number of likely N-dealkylation sites (N-methyl/N-ethyl adjacent to an activating group) is 1. The van der Waals surface area contributed by atoms with Crippen LogP contribution in [0.1, 0.15) is 34.0 Å². The summed E-state index contributed by atoms with van der Waals surface area (Å²) in [4.78, 5) is 33.2. The van der Waals surface area contributed by atoms with E-state index < -0.39 is 24.3 Å². The summed E-state index contributed by atoms with van der Waals surface area (Å²) in [6.45, 7) is 10.8. The first-order valence-corrected chi connectivity index (χ1v) is 16.5. The fourth-order valence-electron chi connectivity index (χ4n) is 5.63. The maximum atomic E-state index is 14.9. The number of alkyl halides is 6. The highest BCUT2D eigenvalue weighted by Gasteiger charge is 2.39. The number of carboxylic acids is 2. The third-order valence-corrected chi connectivity index (χ3v) is 8.37. The average molecular weight is 760 g/mol. The minimum Gasteiger partial charge on any atom is -0.475 e. The van der Waals surface area contributed by atoms with Crippen LogP contribution in [0.25, 0.3) is 11.1 Å². The van der Waals surface area contributed by atoms with Gasteiger partial charge in [0.15, 0.2) is 0 Å². The van der Waals surface area contributed by atoms with Crippen molar-refractivity contribution in [1.29, 1.82) is 0 Å². The largest absolute Gasteiger partial charge is 0.490 e. The van der Waals surface area contributed by atoms with Gasteiger partial charge in [0.05, 0.1) is 20.3 Å². The highest BCUT2D eigenvalue weighted by atomic mass is 19.4. The molecule has 0 spiro atoms. The number of carboxylic acid groups (broad SMARTS) is 2. The molecular formula is C36H42F7N4O6+. The summed E-state index contributed by atoms with van der Waals surface area (Å²) < 4.78 is 84.8. The fourth-order valence-corrected chi connectivity index (χ4v) is 5.63. The standard InChI is InChI=1S/C32H39FN4O2.2C2HF3O2/c1-24-21-36(12-11-34-24)22-26-5-3-7-28(17-26)30-19-25(9-10-31(30)33)20-35-32(38)29-8-4-6-27(18-29)23-37(2)13-15-39-16-14-37;2*3-2(4,5)1(6)7/h3-10,17-19,24,34H,11-16,20-23H2,1-2H3;2*(H,6,7)/p+1/t24-;;/m0../s1. The first kappa shape index (κ1) is 42.8. The molecule has 1 amide bonds. The molecule has 0 bridgehead atoms. The molecule has 0 unspecified atom stereocenters. The van der Waals surface area contributed by atoms with Gasteiger partial charge in [-0.25, -0.2) is 14.0 Å². The van der Waals surface area contributed by atoms with E-state index in [1.807, 2.05) is 36.4 Å². The zero-order valence-electron chi connectivity index (χ0n) is 29.1. The van der Waals surface area contributed by atoms with Crippen LogP contribution >= 0.6 is 0 Å². The predicted molar refractivity (Wildman–Crippen MR) is 180 cm³/mol. The van der Waals surface area contributed by atoms with Crippen molar-refractivity contribution >= 4 is 17.8 Å². The number of aliphatic carboxylic acids is 2. The zero-order chi connectivity index (χ0) is 39.4. The summed E-state index contributed by atoms with van der Waals surface area (Å²) >= 11 is 0. The summed E-state index contributed by atoms with van der Waals surface area (Å²) in [5, 5.41) is 20.7. The summed E-state index contributed by atoms with van der Waals surface area (Å²) in [5.41, 5.74) is 5.24. The minimum absolute atomic E-state index is 0.125. The van der Waals surface area contributed by atoms with Crippen LogP contribution in [0.5, 0.6) is 0 Å². The molecule has 290 valence electrons. The van der Waals surface area contributed by atoms with Gasteiger partial charge in [-0.05, 0) is 53.9 Å². The van der Waals surface area contributed by atoms with Crippen LogP contribution in [0, 0.1) is 5.82 Å². The number of piperazine rings is 1. The van der Waals surface area contributed by atoms with Crippen LogP contribution in [0.4, 0.5) is 30.7 Å². The van der Waals surface area contributed by atoms with Gasteiger partial charge in [-0.15, -0.1) is 0 Å². The van der Waals surface area contributed by atoms with Crippen molar-refractivity contribution < 1.29 is 64.5 Å². The van der Waals surface area contributed by atoms with Crippen LogP contribution in [0.3, 0.4) is 0 Å². The molecule has 10 nitrogen and oxygen atoms in total. The summed E-state index contributed by atoms with van der Waals surface area (Å²) in [7, 11) is 2.24. The van der Waals surface area contributed by atoms with Crippen molar-refractivity contribution in [1.82, 2.24) is 15.5 Å². The van der Waals surface area contributed by atoms with Crippen molar-refractivity contribution in [2.45, 2.75) is 45.0 Å². The molecule has 3 aromatic carbocycles. The Morgan fingerprint density at radius 1 is 0.887 bits per heavy atom. The van der Waals surface area contributed by atoms with E-state index in [1.54, 1.807) is 6.07 Å². The van der Waals surface area contributed by atoms with E-state index in [0.29, 0.717) is 23.7 Å². The monoisotopic (exact) mass is 759 g/mol. The van der Waals surface area contributed by atoms with E-state index in [-0.39, 0.29) is 11.7 Å². The number of hydrogen-bond donors (Lipinski definition) is 4. The molecule has 53 heavy (non-hydrogen) atoms. The SMILES string of the molecule is C[C@H]1CN(Cc2cccc(-c3cc(CNC(=O)c4cccc(C[N+]5(C)CCOCC5)c4)ccc3F)c2)CCN1.O=C(O)C(F)(F)F.O=C(O)C(F)(F)F. The number of rotatable bonds is 8. The molecule has 3 aromatic rings. The molecule has 0 radical (unpaired) electrons. The number of nitrogens with zero attached hydrogens (tertiary/aromatic N) is 2. The second-order valence-electron chi connectivity index (χ2n) is 12.9. The summed E-state index contributed by atoms with van der Waals surface area (Å²) in [5.74, 6) is -5.90. The normalized spacial score (nSPS) is 17.3. The number of halogens is 7. The van der Waals surface area contributed by atoms with E-state index in [0.717, 1.165) is 80.2 Å². The molecule has 2 heterocycles. The molecule has 0 aromatic heterocycles. The molecule has 0 saturated carbocycles. The Kier molecular flexibility index (Phi) is 15.3. The number of quaternary nitrogens is 1. The van der Waals surface area contributed by atoms with Gasteiger partial charge >= 0.3 is 24.3 Å². The number of nitrogens with one attached hydrogen (secondary N) is 2. The second-order valence-corrected chi connectivity index (χ2v) is 12.9. The van der Waals surface area contributed by atoms with Gasteiger partial charge in [-0.3, -0.25) is 9.69 Å². The lowest BCUT2D eigenvalue weighted by atomic mass is 10.00. The molecule has 5 rings (SSSR count). The van der Waals surface area contributed by atoms with Crippen molar-refractivity contribution in [3.63, 3.8) is 0 Å². The number of ether oxygens (including phenoxy) is 1. The Morgan fingerprint density at radius 2 is 1.49 bits per heavy atom. The van der Waals surface area contributed by atoms with Gasteiger partial charge in [-0.1, -0.05) is 36.4 Å². The molecule has 0 aliphatic carbocycles. The van der Waals surface area contributed by atoms with E-state index >= 15 is 0 Å². The average Bonchev–Trinajstić information content (AvgIpc) is 3.08. The first-order chi connectivity index (χ1) is 24.8. The third-order valence-electron chi connectivity index (χ3n) is 8.37. The molecule has 2 aliphatic heterocycles. The maximum absolute atomic E-state index is 14.9. The van der Waals surface area contributed by atoms with Crippen LogP contribution < -0.4 is 10.6 Å². The molecular weight excluding hydrogens is 717 g/mol. The van der Waals surface area contributed by atoms with Gasteiger partial charge in [0, 0.05) is 55.5 Å². The Morgan fingerprint density at radius 3 is 2.09 bits per heavy atom. The lowest BCUT2D eigenvalue weighted by Crippen LogP contribution is -2.51. The predicted octanol–water partition coefficient (Wildman–Crippen LogP) is 5.46. The van der Waals surface area contributed by atoms with Crippen molar-refractivity contribution in [3.8, 4) is 11.1 Å². The summed E-state index contributed by atoms with van der Waals surface area (Å²) in [6, 6.07) is 21.5. The van der Waals surface area contributed by atoms with Crippen molar-refractivity contribution in [3.05, 3.63) is 94.8 Å². The lowest BCUT2D eigenvalue weighted by molar-refractivity contribution is -0.929. The molecule has 1 atom stereocenters. The summed E-state index contributed by atoms with van der Waals surface area (Å²) in [6.07, 6.45) is -10.2. The molecule has 2 aliphatic rings. The number of carbonyl (C=O) groups is 3. The number of benzene rings is 3. The molecule has 2 fully saturated rings. The highest BCUT2D eigenvalue weighted by molar-refractivity contribution is 5.94. The van der Waals surface area contributed by atoms with Crippen molar-refractivity contribution in [2.75, 3.05) is 53.0 Å². The number of morpholine rings is 1. The number of carbonyl (C=O) groups excluding carboxylic acids is 1. The van der Waals surface area contributed by atoms with E-state index in [2.05, 4.69) is 47.7 Å². The Labute approximate surface area is 301 Å². The fraction of sp³-hybridized carbons (Fsp3) is 0.417.